The van der Waals surface area contributed by atoms with Crippen LogP contribution in [-0.4, -0.2) is 64.8 Å². The molecule has 0 saturated heterocycles. The van der Waals surface area contributed by atoms with E-state index >= 15 is 4.39 Å². The number of halogens is 1. The van der Waals surface area contributed by atoms with Crippen LogP contribution in [0.25, 0.3) is 0 Å². The Hall–Kier alpha value is -6.13. The summed E-state index contributed by atoms with van der Waals surface area (Å²) < 4.78 is 25.9. The summed E-state index contributed by atoms with van der Waals surface area (Å²) in [4.78, 5) is 83.9. The standard InChI is InChI=1S/C36H43FN6O10/c1-23(2)33(41-30(44)8-4-3-5-20-42-31(45)17-18-32(42)46)29(37)21-25(7-6-19-39-35(38)48)34(47)40-26-11-9-24(10-12-26)22-52-36(49)53-28-15-13-27(14-16-28)43(50)51/h9-18,21,23,25,33H,3-8,19-20,22H2,1-2H3,(H,40,47)(H,41,44)(H3,38,39,48)/b29-21-/t25-,33+/m1/s1. The Balaban J connectivity index is 1.56. The normalized spacial score (nSPS) is 13.7. The van der Waals surface area contributed by atoms with E-state index in [0.29, 0.717) is 36.9 Å². The second-order valence-corrected chi connectivity index (χ2v) is 12.4. The molecule has 2 aromatic rings. The number of primary amides is 1. The van der Waals surface area contributed by atoms with Gasteiger partial charge in [0.1, 0.15) is 18.2 Å². The predicted octanol–water partition coefficient (Wildman–Crippen LogP) is 4.79. The number of carbonyl (C=O) groups is 6. The van der Waals surface area contributed by atoms with Gasteiger partial charge in [-0.05, 0) is 67.5 Å². The van der Waals surface area contributed by atoms with Crippen molar-refractivity contribution in [2.24, 2.45) is 17.6 Å². The first-order chi connectivity index (χ1) is 25.2. The number of imide groups is 1. The lowest BCUT2D eigenvalue weighted by Crippen LogP contribution is -2.39. The first kappa shape index (κ1) is 41.3. The predicted molar refractivity (Wildman–Crippen MR) is 190 cm³/mol. The first-order valence-electron chi connectivity index (χ1n) is 17.0. The molecule has 16 nitrogen and oxygen atoms in total. The molecular formula is C36H43FN6O10. The zero-order chi connectivity index (χ0) is 38.9. The van der Waals surface area contributed by atoms with Crippen LogP contribution in [-0.2, 0) is 30.5 Å². The van der Waals surface area contributed by atoms with Crippen LogP contribution in [0.4, 0.5) is 25.4 Å². The van der Waals surface area contributed by atoms with Crippen molar-refractivity contribution in [3.05, 3.63) is 88.3 Å². The van der Waals surface area contributed by atoms with Crippen LogP contribution < -0.4 is 26.4 Å². The molecular weight excluding hydrogens is 695 g/mol. The van der Waals surface area contributed by atoms with Gasteiger partial charge in [-0.3, -0.25) is 34.2 Å². The quantitative estimate of drug-likeness (QED) is 0.0362. The van der Waals surface area contributed by atoms with Crippen LogP contribution in [0.3, 0.4) is 0 Å². The van der Waals surface area contributed by atoms with Crippen LogP contribution in [0.15, 0.2) is 72.6 Å². The Morgan fingerprint density at radius 1 is 0.962 bits per heavy atom. The topological polar surface area (TPSA) is 229 Å². The maximum atomic E-state index is 15.8. The summed E-state index contributed by atoms with van der Waals surface area (Å²) >= 11 is 0. The maximum Gasteiger partial charge on any atom is 0.514 e. The molecule has 53 heavy (non-hydrogen) atoms. The number of rotatable bonds is 20. The number of nitrogens with one attached hydrogen (secondary N) is 3. The van der Waals surface area contributed by atoms with E-state index in [1.54, 1.807) is 38.1 Å². The minimum Gasteiger partial charge on any atom is -0.429 e. The van der Waals surface area contributed by atoms with Gasteiger partial charge in [-0.1, -0.05) is 32.4 Å². The van der Waals surface area contributed by atoms with Gasteiger partial charge < -0.3 is 31.2 Å². The van der Waals surface area contributed by atoms with Crippen molar-refractivity contribution in [2.45, 2.75) is 65.0 Å². The van der Waals surface area contributed by atoms with Crippen LogP contribution in [0.2, 0.25) is 0 Å². The van der Waals surface area contributed by atoms with Gasteiger partial charge in [-0.2, -0.15) is 0 Å². The van der Waals surface area contributed by atoms with Gasteiger partial charge in [0.25, 0.3) is 17.5 Å². The molecule has 17 heteroatoms. The third kappa shape index (κ3) is 14.2. The van der Waals surface area contributed by atoms with E-state index < -0.39 is 46.7 Å². The van der Waals surface area contributed by atoms with Crippen molar-refractivity contribution in [3.8, 4) is 5.75 Å². The highest BCUT2D eigenvalue weighted by atomic mass is 19.1. The molecule has 3 rings (SSSR count). The summed E-state index contributed by atoms with van der Waals surface area (Å²) in [6.45, 7) is 3.67. The number of nitrogens with zero attached hydrogens (tertiary/aromatic N) is 2. The number of nitrogens with two attached hydrogens (primary N) is 1. The van der Waals surface area contributed by atoms with Gasteiger partial charge in [0, 0.05) is 49.5 Å². The number of urea groups is 1. The summed E-state index contributed by atoms with van der Waals surface area (Å²) in [5.41, 5.74) is 5.88. The van der Waals surface area contributed by atoms with Gasteiger partial charge in [-0.25, -0.2) is 14.0 Å². The molecule has 0 aromatic heterocycles. The van der Waals surface area contributed by atoms with E-state index in [9.17, 15) is 38.9 Å². The largest absolute Gasteiger partial charge is 0.514 e. The Bertz CT molecular complexity index is 1680. The Kier molecular flexibility index (Phi) is 16.1. The van der Waals surface area contributed by atoms with E-state index in [4.69, 9.17) is 15.2 Å². The number of non-ortho nitro benzene ring substituents is 1. The van der Waals surface area contributed by atoms with Crippen molar-refractivity contribution >= 4 is 47.2 Å². The second-order valence-electron chi connectivity index (χ2n) is 12.4. The number of hydrogen-bond acceptors (Lipinski definition) is 10. The number of anilines is 1. The van der Waals surface area contributed by atoms with Crippen molar-refractivity contribution in [2.75, 3.05) is 18.4 Å². The molecule has 0 aliphatic carbocycles. The molecule has 284 valence electrons. The lowest BCUT2D eigenvalue weighted by molar-refractivity contribution is -0.384. The zero-order valence-corrected chi connectivity index (χ0v) is 29.4. The van der Waals surface area contributed by atoms with Crippen molar-refractivity contribution in [1.29, 1.82) is 0 Å². The highest BCUT2D eigenvalue weighted by molar-refractivity contribution is 6.12. The number of benzene rings is 2. The van der Waals surface area contributed by atoms with E-state index in [2.05, 4.69) is 16.0 Å². The minimum absolute atomic E-state index is 0.0593. The fourth-order valence-electron chi connectivity index (χ4n) is 5.13. The molecule has 5 N–H and O–H groups in total. The van der Waals surface area contributed by atoms with Gasteiger partial charge in [0.2, 0.25) is 11.8 Å². The SMILES string of the molecule is CC(C)[C@H](NC(=O)CCCCCN1C(=O)C=CC1=O)/C(F)=C/[C@@H](CCCNC(N)=O)C(=O)Nc1ccc(COC(=O)Oc2ccc([N+](=O)[O-])cc2)cc1. The molecule has 2 aromatic carbocycles. The maximum absolute atomic E-state index is 15.8. The van der Waals surface area contributed by atoms with Crippen LogP contribution in [0.5, 0.6) is 5.75 Å². The van der Waals surface area contributed by atoms with Crippen molar-refractivity contribution in [1.82, 2.24) is 15.5 Å². The highest BCUT2D eigenvalue weighted by Gasteiger charge is 2.25. The number of carbonyl (C=O) groups excluding carboxylic acids is 6. The number of hydrogen-bond donors (Lipinski definition) is 4. The minimum atomic E-state index is -1.03. The highest BCUT2D eigenvalue weighted by Crippen LogP contribution is 2.22. The van der Waals surface area contributed by atoms with Gasteiger partial charge >= 0.3 is 12.2 Å². The zero-order valence-electron chi connectivity index (χ0n) is 29.4. The molecule has 0 fully saturated rings. The molecule has 1 aliphatic heterocycles. The smallest absolute Gasteiger partial charge is 0.429 e. The van der Waals surface area contributed by atoms with Crippen molar-refractivity contribution in [3.63, 3.8) is 0 Å². The average molecular weight is 739 g/mol. The monoisotopic (exact) mass is 738 g/mol. The summed E-state index contributed by atoms with van der Waals surface area (Å²) in [5, 5.41) is 18.6. The molecule has 6 amide bonds. The molecule has 0 saturated carbocycles. The van der Waals surface area contributed by atoms with Gasteiger partial charge in [-0.15, -0.1) is 0 Å². The molecule has 0 radical (unpaired) electrons. The molecule has 0 unspecified atom stereocenters. The number of unbranched alkanes of at least 4 members (excludes halogenated alkanes) is 2. The number of nitro benzene ring substituents is 1. The average Bonchev–Trinajstić information content (AvgIpc) is 3.43. The van der Waals surface area contributed by atoms with Crippen LogP contribution >= 0.6 is 0 Å². The van der Waals surface area contributed by atoms with Gasteiger partial charge in [0.05, 0.1) is 16.9 Å². The number of ether oxygens (including phenoxy) is 2. The van der Waals surface area contributed by atoms with E-state index in [-0.39, 0.29) is 61.7 Å². The molecule has 1 heterocycles. The molecule has 2 atom stereocenters. The first-order valence-corrected chi connectivity index (χ1v) is 17.0. The fraction of sp³-hybridized carbons (Fsp3) is 0.389. The Morgan fingerprint density at radius 2 is 1.62 bits per heavy atom. The lowest BCUT2D eigenvalue weighted by Gasteiger charge is -2.22. The lowest BCUT2D eigenvalue weighted by atomic mass is 9.96. The van der Waals surface area contributed by atoms with Crippen LogP contribution in [0.1, 0.15) is 57.9 Å². The molecule has 0 spiro atoms. The van der Waals surface area contributed by atoms with Crippen molar-refractivity contribution < 1.29 is 47.6 Å². The Labute approximate surface area is 305 Å². The second kappa shape index (κ2) is 20.7. The van der Waals surface area contributed by atoms with E-state index in [1.165, 1.54) is 36.4 Å². The third-order valence-electron chi connectivity index (χ3n) is 7.98. The van der Waals surface area contributed by atoms with E-state index in [1.807, 2.05) is 0 Å². The Morgan fingerprint density at radius 3 is 2.23 bits per heavy atom. The summed E-state index contributed by atoms with van der Waals surface area (Å²) in [7, 11) is 0. The number of amides is 6. The fourth-order valence-corrected chi connectivity index (χ4v) is 5.13. The summed E-state index contributed by atoms with van der Waals surface area (Å²) in [5.74, 6) is -3.67. The van der Waals surface area contributed by atoms with E-state index in [0.717, 1.165) is 11.0 Å². The molecule has 0 bridgehead atoms. The summed E-state index contributed by atoms with van der Waals surface area (Å²) in [6.07, 6.45) is 4.63. The van der Waals surface area contributed by atoms with Crippen LogP contribution in [0, 0.1) is 22.0 Å². The molecule has 1 aliphatic rings. The third-order valence-corrected chi connectivity index (χ3v) is 7.98. The number of nitro groups is 1. The van der Waals surface area contributed by atoms with Gasteiger partial charge in [0.15, 0.2) is 0 Å². The summed E-state index contributed by atoms with van der Waals surface area (Å²) in [6, 6.07) is 9.41.